The maximum absolute atomic E-state index is 2.40. The van der Waals surface area contributed by atoms with Crippen molar-refractivity contribution in [3.63, 3.8) is 0 Å². The molecule has 0 atom stereocenters. The van der Waals surface area contributed by atoms with Crippen LogP contribution in [0.3, 0.4) is 0 Å². The number of hydrogen-bond acceptors (Lipinski definition) is 1. The van der Waals surface area contributed by atoms with Crippen LogP contribution in [0.25, 0.3) is 0 Å². The summed E-state index contributed by atoms with van der Waals surface area (Å²) in [6, 6.07) is 0. The first-order valence-corrected chi connectivity index (χ1v) is 5.30. The molecule has 0 aliphatic heterocycles. The second kappa shape index (κ2) is 8.06. The lowest BCUT2D eigenvalue weighted by atomic mass is 10.2. The highest BCUT2D eigenvalue weighted by molar-refractivity contribution is 5.15. The summed E-state index contributed by atoms with van der Waals surface area (Å²) in [4.78, 5) is 2.40. The Bertz CT molecular complexity index is 164. The summed E-state index contributed by atoms with van der Waals surface area (Å²) in [6.45, 7) is 12.1. The molecule has 0 fully saturated rings. The largest absolute Gasteiger partial charge is 0.300 e. The highest BCUT2D eigenvalue weighted by Gasteiger charge is 1.92. The van der Waals surface area contributed by atoms with E-state index in [1.54, 1.807) is 0 Å². The average Bonchev–Trinajstić information content (AvgIpc) is 2.13. The first kappa shape index (κ1) is 12.4. The van der Waals surface area contributed by atoms with E-state index in [2.05, 4.69) is 50.8 Å². The lowest BCUT2D eigenvalue weighted by molar-refractivity contribution is 0.337. The molecular weight excluding hydrogens is 158 g/mol. The molecule has 0 bridgehead atoms. The van der Waals surface area contributed by atoms with Crippen LogP contribution in [0, 0.1) is 0 Å². The Morgan fingerprint density at radius 2 is 1.77 bits per heavy atom. The van der Waals surface area contributed by atoms with E-state index in [1.165, 1.54) is 5.57 Å². The van der Waals surface area contributed by atoms with Crippen molar-refractivity contribution in [2.75, 3.05) is 19.6 Å². The molecule has 0 saturated heterocycles. The fourth-order valence-electron chi connectivity index (χ4n) is 1.26. The molecule has 0 unspecified atom stereocenters. The molecule has 13 heavy (non-hydrogen) atoms. The third-order valence-corrected chi connectivity index (χ3v) is 2.16. The number of allylic oxidation sites excluding steroid dienone is 3. The Labute approximate surface area is 83.1 Å². The molecule has 0 aliphatic rings. The third kappa shape index (κ3) is 6.59. The fraction of sp³-hybridized carbons (Fsp3) is 0.667. The Balaban J connectivity index is 3.79. The summed E-state index contributed by atoms with van der Waals surface area (Å²) in [5.74, 6) is 0. The molecule has 0 aromatic heterocycles. The van der Waals surface area contributed by atoms with Gasteiger partial charge in [-0.2, -0.15) is 0 Å². The van der Waals surface area contributed by atoms with Gasteiger partial charge in [-0.15, -0.1) is 0 Å². The summed E-state index contributed by atoms with van der Waals surface area (Å²) < 4.78 is 0. The molecule has 0 aliphatic carbocycles. The van der Waals surface area contributed by atoms with Gasteiger partial charge in [0, 0.05) is 6.54 Å². The van der Waals surface area contributed by atoms with E-state index in [0.717, 1.165) is 26.1 Å². The van der Waals surface area contributed by atoms with Gasteiger partial charge < -0.3 is 4.90 Å². The van der Waals surface area contributed by atoms with Crippen molar-refractivity contribution in [2.24, 2.45) is 0 Å². The fourth-order valence-corrected chi connectivity index (χ4v) is 1.26. The summed E-state index contributed by atoms with van der Waals surface area (Å²) >= 11 is 0. The standard InChI is InChI=1S/C12H23N/c1-5-9-12(4)10-8-11-13(6-2)7-3/h8-10H,5-7,11H2,1-4H3/b10-8-,12-9-. The molecule has 0 rings (SSSR count). The first-order chi connectivity index (χ1) is 6.24. The molecule has 0 N–H and O–H groups in total. The Kier molecular flexibility index (Phi) is 7.71. The number of likely N-dealkylation sites (N-methyl/N-ethyl adjacent to an activating group) is 1. The molecule has 0 spiro atoms. The molecule has 0 aromatic carbocycles. The van der Waals surface area contributed by atoms with E-state index >= 15 is 0 Å². The lowest BCUT2D eigenvalue weighted by Gasteiger charge is -2.14. The van der Waals surface area contributed by atoms with Crippen molar-refractivity contribution in [3.8, 4) is 0 Å². The van der Waals surface area contributed by atoms with Crippen LogP contribution in [-0.2, 0) is 0 Å². The number of hydrogen-bond donors (Lipinski definition) is 0. The van der Waals surface area contributed by atoms with E-state index in [9.17, 15) is 0 Å². The van der Waals surface area contributed by atoms with Crippen LogP contribution >= 0.6 is 0 Å². The maximum Gasteiger partial charge on any atom is 0.0166 e. The SMILES string of the molecule is CC/C=C(C)\C=C/CN(CC)CC. The predicted molar refractivity (Wildman–Crippen MR) is 61.0 cm³/mol. The highest BCUT2D eigenvalue weighted by Crippen LogP contribution is 1.97. The molecule has 0 aromatic rings. The van der Waals surface area contributed by atoms with Crippen LogP contribution in [0.4, 0.5) is 0 Å². The summed E-state index contributed by atoms with van der Waals surface area (Å²) in [5.41, 5.74) is 1.37. The number of nitrogens with zero attached hydrogens (tertiary/aromatic N) is 1. The normalized spacial score (nSPS) is 13.2. The molecule has 0 heterocycles. The van der Waals surface area contributed by atoms with E-state index in [4.69, 9.17) is 0 Å². The van der Waals surface area contributed by atoms with E-state index < -0.39 is 0 Å². The smallest absolute Gasteiger partial charge is 0.0166 e. The molecule has 0 radical (unpaired) electrons. The first-order valence-electron chi connectivity index (χ1n) is 5.30. The second-order valence-electron chi connectivity index (χ2n) is 3.24. The van der Waals surface area contributed by atoms with Gasteiger partial charge in [0.25, 0.3) is 0 Å². The van der Waals surface area contributed by atoms with Crippen LogP contribution in [0.1, 0.15) is 34.1 Å². The van der Waals surface area contributed by atoms with Gasteiger partial charge in [0.05, 0.1) is 0 Å². The van der Waals surface area contributed by atoms with Gasteiger partial charge in [-0.3, -0.25) is 0 Å². The van der Waals surface area contributed by atoms with Crippen molar-refractivity contribution in [2.45, 2.75) is 34.1 Å². The zero-order valence-electron chi connectivity index (χ0n) is 9.51. The van der Waals surface area contributed by atoms with E-state index in [-0.39, 0.29) is 0 Å². The van der Waals surface area contributed by atoms with Crippen molar-refractivity contribution in [3.05, 3.63) is 23.8 Å². The van der Waals surface area contributed by atoms with Crippen molar-refractivity contribution >= 4 is 0 Å². The van der Waals surface area contributed by atoms with Gasteiger partial charge >= 0.3 is 0 Å². The van der Waals surface area contributed by atoms with Gasteiger partial charge in [-0.25, -0.2) is 0 Å². The zero-order valence-corrected chi connectivity index (χ0v) is 9.51. The minimum Gasteiger partial charge on any atom is -0.300 e. The summed E-state index contributed by atoms with van der Waals surface area (Å²) in [5, 5.41) is 0. The molecule has 1 nitrogen and oxygen atoms in total. The van der Waals surface area contributed by atoms with Gasteiger partial charge in [-0.05, 0) is 26.4 Å². The monoisotopic (exact) mass is 181 g/mol. The molecular formula is C12H23N. The Morgan fingerprint density at radius 3 is 2.23 bits per heavy atom. The predicted octanol–water partition coefficient (Wildman–Crippen LogP) is 3.24. The van der Waals surface area contributed by atoms with Crippen LogP contribution < -0.4 is 0 Å². The highest BCUT2D eigenvalue weighted by atomic mass is 15.1. The van der Waals surface area contributed by atoms with E-state index in [0.29, 0.717) is 0 Å². The quantitative estimate of drug-likeness (QED) is 0.569. The van der Waals surface area contributed by atoms with Gasteiger partial charge in [0.2, 0.25) is 0 Å². The summed E-state index contributed by atoms with van der Waals surface area (Å²) in [6.07, 6.45) is 7.83. The maximum atomic E-state index is 2.40. The van der Waals surface area contributed by atoms with E-state index in [1.807, 2.05) is 0 Å². The molecule has 0 amide bonds. The summed E-state index contributed by atoms with van der Waals surface area (Å²) in [7, 11) is 0. The van der Waals surface area contributed by atoms with Crippen LogP contribution in [0.2, 0.25) is 0 Å². The average molecular weight is 181 g/mol. The molecule has 76 valence electrons. The van der Waals surface area contributed by atoms with Crippen LogP contribution in [0.15, 0.2) is 23.8 Å². The third-order valence-electron chi connectivity index (χ3n) is 2.16. The molecule has 0 saturated carbocycles. The Morgan fingerprint density at radius 1 is 1.15 bits per heavy atom. The minimum atomic E-state index is 1.07. The zero-order chi connectivity index (χ0) is 10.1. The van der Waals surface area contributed by atoms with Crippen LogP contribution in [-0.4, -0.2) is 24.5 Å². The van der Waals surface area contributed by atoms with Gasteiger partial charge in [0.1, 0.15) is 0 Å². The van der Waals surface area contributed by atoms with Crippen molar-refractivity contribution in [1.29, 1.82) is 0 Å². The number of rotatable bonds is 6. The Hall–Kier alpha value is -0.560. The van der Waals surface area contributed by atoms with Crippen LogP contribution in [0.5, 0.6) is 0 Å². The van der Waals surface area contributed by atoms with Crippen molar-refractivity contribution < 1.29 is 0 Å². The minimum absolute atomic E-state index is 1.07. The van der Waals surface area contributed by atoms with Gasteiger partial charge in [0.15, 0.2) is 0 Å². The topological polar surface area (TPSA) is 3.24 Å². The van der Waals surface area contributed by atoms with Crippen molar-refractivity contribution in [1.82, 2.24) is 4.90 Å². The van der Waals surface area contributed by atoms with Gasteiger partial charge in [-0.1, -0.05) is 44.6 Å². The second-order valence-corrected chi connectivity index (χ2v) is 3.24. The molecule has 1 heteroatoms. The lowest BCUT2D eigenvalue weighted by Crippen LogP contribution is -2.22.